The van der Waals surface area contributed by atoms with Gasteiger partial charge < -0.3 is 4.90 Å². The van der Waals surface area contributed by atoms with E-state index in [0.29, 0.717) is 11.3 Å². The van der Waals surface area contributed by atoms with Crippen LogP contribution in [0.3, 0.4) is 0 Å². The van der Waals surface area contributed by atoms with Gasteiger partial charge in [0.2, 0.25) is 0 Å². The molecule has 1 atom stereocenters. The molecule has 2 heterocycles. The summed E-state index contributed by atoms with van der Waals surface area (Å²) in [5, 5.41) is 0. The second-order valence-corrected chi connectivity index (χ2v) is 6.60. The highest BCUT2D eigenvalue weighted by atomic mass is 19.1. The van der Waals surface area contributed by atoms with Gasteiger partial charge in [-0.15, -0.1) is 0 Å². The van der Waals surface area contributed by atoms with Crippen molar-refractivity contribution in [1.29, 1.82) is 0 Å². The first-order chi connectivity index (χ1) is 12.6. The monoisotopic (exact) mass is 350 g/mol. The van der Waals surface area contributed by atoms with Crippen molar-refractivity contribution in [2.75, 3.05) is 16.3 Å². The number of amides is 2. The van der Waals surface area contributed by atoms with Gasteiger partial charge in [0, 0.05) is 23.9 Å². The number of halogens is 1. The van der Waals surface area contributed by atoms with Gasteiger partial charge in [0.25, 0.3) is 11.8 Å². The van der Waals surface area contributed by atoms with Crippen LogP contribution in [0.25, 0.3) is 0 Å². The number of rotatable bonds is 3. The Balaban J connectivity index is 1.64. The zero-order valence-corrected chi connectivity index (χ0v) is 14.3. The number of carbonyl (C=O) groups is 2. The largest absolute Gasteiger partial charge is 0.364 e. The average Bonchev–Trinajstić information content (AvgIpc) is 2.97. The molecule has 1 unspecified atom stereocenters. The number of benzene rings is 2. The Morgan fingerprint density at radius 2 is 1.62 bits per heavy atom. The average molecular weight is 350 g/mol. The van der Waals surface area contributed by atoms with Gasteiger partial charge >= 0.3 is 0 Å². The maximum absolute atomic E-state index is 13.2. The van der Waals surface area contributed by atoms with E-state index in [1.165, 1.54) is 30.3 Å². The van der Waals surface area contributed by atoms with Crippen LogP contribution in [-0.4, -0.2) is 24.4 Å². The highest BCUT2D eigenvalue weighted by molar-refractivity contribution is 6.31. The van der Waals surface area contributed by atoms with Crippen LogP contribution in [0.1, 0.15) is 19.3 Å². The van der Waals surface area contributed by atoms with Gasteiger partial charge in [-0.3, -0.25) is 9.59 Å². The molecule has 2 aromatic rings. The number of hydrogen-bond donors (Lipinski definition) is 0. The lowest BCUT2D eigenvalue weighted by Crippen LogP contribution is -2.43. The third kappa shape index (κ3) is 2.90. The van der Waals surface area contributed by atoms with E-state index in [9.17, 15) is 14.0 Å². The van der Waals surface area contributed by atoms with Crippen LogP contribution in [0.4, 0.5) is 15.8 Å². The summed E-state index contributed by atoms with van der Waals surface area (Å²) in [6, 6.07) is 15.3. The summed E-state index contributed by atoms with van der Waals surface area (Å²) in [7, 11) is 0. The van der Waals surface area contributed by atoms with Gasteiger partial charge in [0.05, 0.1) is 11.7 Å². The zero-order valence-electron chi connectivity index (χ0n) is 14.3. The quantitative estimate of drug-likeness (QED) is 0.793. The van der Waals surface area contributed by atoms with E-state index in [1.807, 2.05) is 30.3 Å². The van der Waals surface area contributed by atoms with Gasteiger partial charge in [-0.2, -0.15) is 0 Å². The van der Waals surface area contributed by atoms with Gasteiger partial charge in [0.1, 0.15) is 5.82 Å². The van der Waals surface area contributed by atoms with E-state index >= 15 is 0 Å². The van der Waals surface area contributed by atoms with Crippen LogP contribution in [0.5, 0.6) is 0 Å². The molecular weight excluding hydrogens is 331 g/mol. The summed E-state index contributed by atoms with van der Waals surface area (Å²) >= 11 is 0. The molecule has 2 aromatic carbocycles. The van der Waals surface area contributed by atoms with E-state index in [2.05, 4.69) is 4.90 Å². The van der Waals surface area contributed by atoms with Crippen LogP contribution in [-0.2, 0) is 9.59 Å². The lowest BCUT2D eigenvalue weighted by Gasteiger charge is -2.38. The molecule has 2 aliphatic rings. The Morgan fingerprint density at radius 1 is 0.885 bits per heavy atom. The van der Waals surface area contributed by atoms with Crippen LogP contribution in [0, 0.1) is 5.82 Å². The lowest BCUT2D eigenvalue weighted by atomic mass is 9.94. The first kappa shape index (κ1) is 16.5. The summed E-state index contributed by atoms with van der Waals surface area (Å²) in [6.07, 6.45) is 4.35. The van der Waals surface area contributed by atoms with E-state index in [-0.39, 0.29) is 17.9 Å². The van der Waals surface area contributed by atoms with E-state index in [4.69, 9.17) is 0 Å². The van der Waals surface area contributed by atoms with Crippen molar-refractivity contribution in [3.8, 4) is 0 Å². The molecule has 2 amide bonds. The van der Waals surface area contributed by atoms with E-state index in [0.717, 1.165) is 36.4 Å². The standard InChI is InChI=1S/C21H19FN2O2/c22-15-9-11-17(12-10-15)24-20(25)14-18(21(24)26)19-8-4-5-13-23(19)16-6-2-1-3-7-16/h1-3,6-7,9-12,14,19H,4-5,8,13H2. The smallest absolute Gasteiger partial charge is 0.263 e. The van der Waals surface area contributed by atoms with E-state index in [1.54, 1.807) is 0 Å². The number of para-hydroxylation sites is 1. The molecule has 0 N–H and O–H groups in total. The lowest BCUT2D eigenvalue weighted by molar-refractivity contribution is -0.120. The third-order valence-electron chi connectivity index (χ3n) is 4.98. The molecule has 26 heavy (non-hydrogen) atoms. The minimum Gasteiger partial charge on any atom is -0.364 e. The fourth-order valence-corrected chi connectivity index (χ4v) is 3.75. The topological polar surface area (TPSA) is 40.6 Å². The summed E-state index contributed by atoms with van der Waals surface area (Å²) in [5.41, 5.74) is 1.97. The van der Waals surface area contributed by atoms with Crippen molar-refractivity contribution in [3.05, 3.63) is 72.1 Å². The molecule has 1 fully saturated rings. The fourth-order valence-electron chi connectivity index (χ4n) is 3.75. The van der Waals surface area contributed by atoms with Gasteiger partial charge in [-0.05, 0) is 55.7 Å². The van der Waals surface area contributed by atoms with Crippen molar-refractivity contribution >= 4 is 23.2 Å². The van der Waals surface area contributed by atoms with Gasteiger partial charge in [-0.1, -0.05) is 18.2 Å². The van der Waals surface area contributed by atoms with Crippen LogP contribution in [0.15, 0.2) is 66.2 Å². The normalized spacial score (nSPS) is 20.5. The molecule has 4 rings (SSSR count). The first-order valence-corrected chi connectivity index (χ1v) is 8.82. The molecule has 0 bridgehead atoms. The predicted molar refractivity (Wildman–Crippen MR) is 98.4 cm³/mol. The molecule has 5 heteroatoms. The highest BCUT2D eigenvalue weighted by Crippen LogP contribution is 2.33. The van der Waals surface area contributed by atoms with Crippen molar-refractivity contribution in [2.24, 2.45) is 0 Å². The molecule has 0 radical (unpaired) electrons. The Morgan fingerprint density at radius 3 is 2.35 bits per heavy atom. The van der Waals surface area contributed by atoms with Crippen LogP contribution < -0.4 is 9.80 Å². The molecule has 132 valence electrons. The number of anilines is 2. The van der Waals surface area contributed by atoms with Crippen LogP contribution >= 0.6 is 0 Å². The Bertz CT molecular complexity index is 861. The number of imide groups is 1. The number of piperidine rings is 1. The van der Waals surface area contributed by atoms with Gasteiger partial charge in [-0.25, -0.2) is 9.29 Å². The molecule has 0 saturated carbocycles. The maximum Gasteiger partial charge on any atom is 0.263 e. The number of carbonyl (C=O) groups excluding carboxylic acids is 2. The first-order valence-electron chi connectivity index (χ1n) is 8.82. The fraction of sp³-hybridized carbons (Fsp3) is 0.238. The van der Waals surface area contributed by atoms with Crippen molar-refractivity contribution < 1.29 is 14.0 Å². The zero-order chi connectivity index (χ0) is 18.1. The molecular formula is C21H19FN2O2. The summed E-state index contributed by atoms with van der Waals surface area (Å²) < 4.78 is 13.2. The maximum atomic E-state index is 13.2. The minimum atomic E-state index is -0.399. The molecule has 0 aromatic heterocycles. The summed E-state index contributed by atoms with van der Waals surface area (Å²) in [6.45, 7) is 0.851. The molecule has 4 nitrogen and oxygen atoms in total. The Labute approximate surface area is 151 Å². The minimum absolute atomic E-state index is 0.118. The van der Waals surface area contributed by atoms with Gasteiger partial charge in [0.15, 0.2) is 0 Å². The molecule has 0 aliphatic carbocycles. The number of nitrogens with zero attached hydrogens (tertiary/aromatic N) is 2. The predicted octanol–water partition coefficient (Wildman–Crippen LogP) is 3.68. The second-order valence-electron chi connectivity index (χ2n) is 6.60. The Hall–Kier alpha value is -2.95. The molecule has 2 aliphatic heterocycles. The third-order valence-corrected chi connectivity index (χ3v) is 4.98. The second kappa shape index (κ2) is 6.75. The molecule has 0 spiro atoms. The van der Waals surface area contributed by atoms with Crippen LogP contribution in [0.2, 0.25) is 0 Å². The van der Waals surface area contributed by atoms with E-state index < -0.39 is 5.82 Å². The number of hydrogen-bond acceptors (Lipinski definition) is 3. The summed E-state index contributed by atoms with van der Waals surface area (Å²) in [4.78, 5) is 28.8. The summed E-state index contributed by atoms with van der Waals surface area (Å²) in [5.74, 6) is -1.08. The SMILES string of the molecule is O=C1C=C(C2CCCCN2c2ccccc2)C(=O)N1c1ccc(F)cc1. The highest BCUT2D eigenvalue weighted by Gasteiger charge is 2.39. The van der Waals surface area contributed by atoms with Crippen molar-refractivity contribution in [1.82, 2.24) is 0 Å². The molecule has 1 saturated heterocycles. The Kier molecular flexibility index (Phi) is 4.29. The van der Waals surface area contributed by atoms with Crippen molar-refractivity contribution in [2.45, 2.75) is 25.3 Å². The van der Waals surface area contributed by atoms with Crippen molar-refractivity contribution in [3.63, 3.8) is 0 Å².